The van der Waals surface area contributed by atoms with Crippen molar-refractivity contribution in [2.24, 2.45) is 11.7 Å². The number of nitrogens with two attached hydrogens (primary N) is 1. The Morgan fingerprint density at radius 1 is 1.45 bits per heavy atom. The number of nitrogens with zero attached hydrogens (tertiary/aromatic N) is 3. The largest absolute Gasteiger partial charge is 0.370 e. The summed E-state index contributed by atoms with van der Waals surface area (Å²) < 4.78 is 10.9. The lowest BCUT2D eigenvalue weighted by Gasteiger charge is -2.16. The van der Waals surface area contributed by atoms with Crippen LogP contribution in [0.1, 0.15) is 50.3 Å². The van der Waals surface area contributed by atoms with Crippen LogP contribution in [-0.4, -0.2) is 26.7 Å². The molecule has 110 valence electrons. The van der Waals surface area contributed by atoms with E-state index in [1.165, 1.54) is 0 Å². The highest BCUT2D eigenvalue weighted by atomic mass is 16.5. The lowest BCUT2D eigenvalue weighted by atomic mass is 10.1. The summed E-state index contributed by atoms with van der Waals surface area (Å²) in [6.07, 6.45) is 3.75. The van der Waals surface area contributed by atoms with Gasteiger partial charge >= 0.3 is 0 Å². The topological polar surface area (TPSA) is 103 Å². The Kier molecular flexibility index (Phi) is 4.86. The van der Waals surface area contributed by atoms with Crippen molar-refractivity contribution >= 4 is 0 Å². The van der Waals surface area contributed by atoms with Gasteiger partial charge in [0, 0.05) is 24.9 Å². The fraction of sp³-hybridized carbons (Fsp3) is 0.615. The molecule has 0 aliphatic heterocycles. The lowest BCUT2D eigenvalue weighted by Crippen LogP contribution is -2.16. The van der Waals surface area contributed by atoms with Crippen LogP contribution in [0.3, 0.4) is 0 Å². The van der Waals surface area contributed by atoms with Gasteiger partial charge in [0.15, 0.2) is 0 Å². The minimum atomic E-state index is -0.355. The molecule has 0 fully saturated rings. The van der Waals surface area contributed by atoms with Crippen LogP contribution in [0.15, 0.2) is 17.0 Å². The number of ether oxygens (including phenoxy) is 1. The Bertz CT molecular complexity index is 509. The average Bonchev–Trinajstić information content (AvgIpc) is 3.06. The van der Waals surface area contributed by atoms with Crippen LogP contribution in [0, 0.1) is 5.92 Å². The molecule has 0 aliphatic carbocycles. The van der Waals surface area contributed by atoms with Crippen molar-refractivity contribution in [3.63, 3.8) is 0 Å². The number of H-pyrrole nitrogens is 1. The van der Waals surface area contributed by atoms with Crippen molar-refractivity contribution in [1.29, 1.82) is 0 Å². The fourth-order valence-corrected chi connectivity index (χ4v) is 1.98. The Labute approximate surface area is 117 Å². The zero-order valence-corrected chi connectivity index (χ0v) is 12.0. The Hall–Kier alpha value is -1.73. The first-order valence-electron chi connectivity index (χ1n) is 6.79. The first kappa shape index (κ1) is 14.7. The van der Waals surface area contributed by atoms with Crippen LogP contribution >= 0.6 is 0 Å². The first-order valence-corrected chi connectivity index (χ1v) is 6.79. The molecular formula is C13H21N5O2. The minimum absolute atomic E-state index is 0.170. The van der Waals surface area contributed by atoms with Gasteiger partial charge in [0.1, 0.15) is 6.10 Å². The van der Waals surface area contributed by atoms with Gasteiger partial charge in [-0.25, -0.2) is 4.98 Å². The van der Waals surface area contributed by atoms with Crippen LogP contribution in [0.25, 0.3) is 0 Å². The second-order valence-electron chi connectivity index (χ2n) is 5.00. The molecule has 2 heterocycles. The number of hydrogen-bond donors (Lipinski definition) is 2. The van der Waals surface area contributed by atoms with Crippen molar-refractivity contribution in [2.75, 3.05) is 6.61 Å². The van der Waals surface area contributed by atoms with Gasteiger partial charge < -0.3 is 20.0 Å². The van der Waals surface area contributed by atoms with Gasteiger partial charge in [0.05, 0.1) is 12.4 Å². The second-order valence-corrected chi connectivity index (χ2v) is 5.00. The molecule has 7 heteroatoms. The number of nitrogens with one attached hydrogen (secondary N) is 1. The van der Waals surface area contributed by atoms with E-state index >= 15 is 0 Å². The van der Waals surface area contributed by atoms with Crippen molar-refractivity contribution in [1.82, 2.24) is 20.1 Å². The van der Waals surface area contributed by atoms with E-state index in [-0.39, 0.29) is 18.1 Å². The maximum absolute atomic E-state index is 6.06. The van der Waals surface area contributed by atoms with Crippen LogP contribution in [0.2, 0.25) is 0 Å². The molecule has 0 amide bonds. The van der Waals surface area contributed by atoms with E-state index in [1.807, 2.05) is 6.92 Å². The van der Waals surface area contributed by atoms with Gasteiger partial charge in [0.25, 0.3) is 0 Å². The predicted molar refractivity (Wildman–Crippen MR) is 72.7 cm³/mol. The molecule has 2 unspecified atom stereocenters. The summed E-state index contributed by atoms with van der Waals surface area (Å²) in [5.74, 6) is 1.24. The van der Waals surface area contributed by atoms with E-state index in [4.69, 9.17) is 15.0 Å². The van der Waals surface area contributed by atoms with Crippen molar-refractivity contribution in [2.45, 2.75) is 39.3 Å². The summed E-state index contributed by atoms with van der Waals surface area (Å²) >= 11 is 0. The van der Waals surface area contributed by atoms with Crippen molar-refractivity contribution in [3.8, 4) is 0 Å². The third-order valence-electron chi connectivity index (χ3n) is 2.98. The van der Waals surface area contributed by atoms with Gasteiger partial charge in [0.2, 0.25) is 11.7 Å². The van der Waals surface area contributed by atoms with E-state index < -0.39 is 0 Å². The van der Waals surface area contributed by atoms with Crippen molar-refractivity contribution in [3.05, 3.63) is 29.9 Å². The number of hydrogen-bond acceptors (Lipinski definition) is 6. The van der Waals surface area contributed by atoms with Crippen molar-refractivity contribution < 1.29 is 9.26 Å². The van der Waals surface area contributed by atoms with E-state index in [1.54, 1.807) is 12.5 Å². The normalized spacial score (nSPS) is 14.7. The number of aromatic amines is 1. The molecule has 7 nitrogen and oxygen atoms in total. The average molecular weight is 279 g/mol. The number of aromatic nitrogens is 4. The zero-order chi connectivity index (χ0) is 14.5. The third-order valence-corrected chi connectivity index (χ3v) is 2.98. The zero-order valence-electron chi connectivity index (χ0n) is 12.0. The van der Waals surface area contributed by atoms with Gasteiger partial charge in [-0.1, -0.05) is 19.0 Å². The molecule has 0 spiro atoms. The summed E-state index contributed by atoms with van der Waals surface area (Å²) in [5.41, 5.74) is 7.00. The molecule has 20 heavy (non-hydrogen) atoms. The summed E-state index contributed by atoms with van der Waals surface area (Å²) in [4.78, 5) is 11.3. The van der Waals surface area contributed by atoms with Crippen LogP contribution in [0.5, 0.6) is 0 Å². The summed E-state index contributed by atoms with van der Waals surface area (Å²) in [7, 11) is 0. The minimum Gasteiger partial charge on any atom is -0.370 e. The predicted octanol–water partition coefficient (Wildman–Crippen LogP) is 1.77. The Morgan fingerprint density at radius 3 is 2.85 bits per heavy atom. The smallest absolute Gasteiger partial charge is 0.244 e. The van der Waals surface area contributed by atoms with E-state index in [0.717, 1.165) is 5.69 Å². The molecule has 0 saturated heterocycles. The molecule has 2 aromatic rings. The Morgan fingerprint density at radius 2 is 2.25 bits per heavy atom. The maximum Gasteiger partial charge on any atom is 0.244 e. The molecule has 0 aromatic carbocycles. The van der Waals surface area contributed by atoms with Crippen LogP contribution < -0.4 is 5.73 Å². The van der Waals surface area contributed by atoms with E-state index in [2.05, 4.69) is 34.0 Å². The van der Waals surface area contributed by atoms with Crippen LogP contribution in [0.4, 0.5) is 0 Å². The molecule has 2 atom stereocenters. The van der Waals surface area contributed by atoms with Crippen LogP contribution in [-0.2, 0) is 11.2 Å². The molecule has 2 rings (SSSR count). The molecule has 2 aromatic heterocycles. The number of rotatable bonds is 7. The highest BCUT2D eigenvalue weighted by Gasteiger charge is 2.24. The third kappa shape index (κ3) is 3.43. The highest BCUT2D eigenvalue weighted by Crippen LogP contribution is 2.24. The Balaban J connectivity index is 2.07. The summed E-state index contributed by atoms with van der Waals surface area (Å²) in [6.45, 7) is 6.66. The van der Waals surface area contributed by atoms with Gasteiger partial charge in [-0.2, -0.15) is 4.98 Å². The van der Waals surface area contributed by atoms with Gasteiger partial charge in [-0.15, -0.1) is 0 Å². The monoisotopic (exact) mass is 279 g/mol. The summed E-state index contributed by atoms with van der Waals surface area (Å²) in [6, 6.07) is -0.355. The molecular weight excluding hydrogens is 258 g/mol. The fourth-order valence-electron chi connectivity index (χ4n) is 1.98. The second kappa shape index (κ2) is 6.62. The molecule has 3 N–H and O–H groups in total. The number of imidazole rings is 1. The van der Waals surface area contributed by atoms with Gasteiger partial charge in [-0.05, 0) is 12.8 Å². The lowest BCUT2D eigenvalue weighted by molar-refractivity contribution is 0.0217. The molecule has 0 radical (unpaired) electrons. The first-order chi connectivity index (χ1) is 9.61. The van der Waals surface area contributed by atoms with Gasteiger partial charge in [-0.3, -0.25) is 0 Å². The highest BCUT2D eigenvalue weighted by molar-refractivity contribution is 5.03. The van der Waals surface area contributed by atoms with E-state index in [0.29, 0.717) is 24.7 Å². The molecule has 0 bridgehead atoms. The maximum atomic E-state index is 6.06. The molecule has 0 aliphatic rings. The summed E-state index contributed by atoms with van der Waals surface area (Å²) in [5, 5.41) is 3.99. The molecule has 0 saturated carbocycles. The quantitative estimate of drug-likeness (QED) is 0.800. The SMILES string of the molecule is CCOC(c1noc(C(N)Cc2cnc[nH]2)n1)C(C)C. The standard InChI is InChI=1S/C13H21N5O2/c1-4-19-11(8(2)3)12-17-13(20-18-12)10(14)5-9-6-15-7-16-9/h6-8,10-11H,4-5,14H2,1-3H3,(H,15,16). The van der Waals surface area contributed by atoms with E-state index in [9.17, 15) is 0 Å².